The second-order valence-electron chi connectivity index (χ2n) is 6.53. The lowest BCUT2D eigenvalue weighted by Crippen LogP contribution is -2.20. The average Bonchev–Trinajstić information content (AvgIpc) is 2.69. The second-order valence-corrected chi connectivity index (χ2v) is 8.82. The molecule has 1 amide bonds. The molecule has 0 fully saturated rings. The molecule has 0 radical (unpaired) electrons. The summed E-state index contributed by atoms with van der Waals surface area (Å²) in [7, 11) is -4.05. The largest absolute Gasteiger partial charge is 0.418 e. The number of benzene rings is 2. The van der Waals surface area contributed by atoms with Crippen LogP contribution < -0.4 is 5.32 Å². The number of aromatic nitrogens is 2. The number of halogens is 4. The number of anilines is 1. The van der Waals surface area contributed by atoms with Crippen molar-refractivity contribution in [3.05, 3.63) is 82.1 Å². The maximum Gasteiger partial charge on any atom is 0.418 e. The molecule has 31 heavy (non-hydrogen) atoms. The smallest absolute Gasteiger partial charge is 0.320 e. The zero-order valence-corrected chi connectivity index (χ0v) is 17.5. The highest BCUT2D eigenvalue weighted by Crippen LogP contribution is 2.34. The Morgan fingerprint density at radius 3 is 2.42 bits per heavy atom. The van der Waals surface area contributed by atoms with E-state index in [-0.39, 0.29) is 5.02 Å². The first kappa shape index (κ1) is 22.7. The molecule has 11 heteroatoms. The van der Waals surface area contributed by atoms with Gasteiger partial charge >= 0.3 is 6.18 Å². The number of rotatable bonds is 5. The fourth-order valence-corrected chi connectivity index (χ4v) is 4.21. The summed E-state index contributed by atoms with van der Waals surface area (Å²) in [6, 6.07) is 11.1. The minimum Gasteiger partial charge on any atom is -0.320 e. The zero-order chi connectivity index (χ0) is 22.8. The van der Waals surface area contributed by atoms with E-state index in [2.05, 4.69) is 15.3 Å². The van der Waals surface area contributed by atoms with Crippen LogP contribution in [0.3, 0.4) is 0 Å². The lowest BCUT2D eigenvalue weighted by atomic mass is 10.1. The van der Waals surface area contributed by atoms with Crippen LogP contribution in [0.5, 0.6) is 0 Å². The molecule has 162 valence electrons. The van der Waals surface area contributed by atoms with Gasteiger partial charge in [-0.25, -0.2) is 18.4 Å². The van der Waals surface area contributed by atoms with E-state index in [1.807, 2.05) is 0 Å². The Kier molecular flexibility index (Phi) is 6.33. The summed E-state index contributed by atoms with van der Waals surface area (Å²) in [5, 5.41) is 1.12. The molecule has 0 aliphatic heterocycles. The lowest BCUT2D eigenvalue weighted by Gasteiger charge is -2.14. The molecule has 0 aliphatic carbocycles. The van der Waals surface area contributed by atoms with E-state index in [1.54, 1.807) is 31.2 Å². The maximum atomic E-state index is 13.2. The minimum atomic E-state index is -4.71. The van der Waals surface area contributed by atoms with Crippen molar-refractivity contribution in [1.29, 1.82) is 0 Å². The number of hydrogen-bond donors (Lipinski definition) is 1. The fourth-order valence-electron chi connectivity index (χ4n) is 2.72. The van der Waals surface area contributed by atoms with Crippen molar-refractivity contribution in [3.8, 4) is 0 Å². The predicted molar refractivity (Wildman–Crippen MR) is 109 cm³/mol. The molecule has 0 saturated heterocycles. The normalized spacial score (nSPS) is 11.9. The Morgan fingerprint density at radius 1 is 1.10 bits per heavy atom. The van der Waals surface area contributed by atoms with E-state index < -0.39 is 49.8 Å². The standard InChI is InChI=1S/C20H15ClF3N3O3S/c1-12-6-2-3-7-13(12)11-31(29,30)19-25-10-15(21)17(27-19)18(28)26-16-9-5-4-8-14(16)20(22,23)24/h2-10H,11H2,1H3,(H,26,28). The summed E-state index contributed by atoms with van der Waals surface area (Å²) in [5.41, 5.74) is -0.884. The number of amides is 1. The molecule has 3 aromatic rings. The number of alkyl halides is 3. The van der Waals surface area contributed by atoms with Gasteiger partial charge in [-0.05, 0) is 30.2 Å². The molecule has 2 aromatic carbocycles. The third-order valence-corrected chi connectivity index (χ3v) is 6.02. The summed E-state index contributed by atoms with van der Waals surface area (Å²) < 4.78 is 64.9. The number of carbonyl (C=O) groups excluding carboxylic acids is 1. The van der Waals surface area contributed by atoms with Gasteiger partial charge < -0.3 is 5.32 Å². The number of aryl methyl sites for hydroxylation is 1. The monoisotopic (exact) mass is 469 g/mol. The van der Waals surface area contributed by atoms with Crippen molar-refractivity contribution in [2.24, 2.45) is 0 Å². The van der Waals surface area contributed by atoms with E-state index in [0.29, 0.717) is 5.56 Å². The van der Waals surface area contributed by atoms with Crippen LogP contribution in [0.25, 0.3) is 0 Å². The highest BCUT2D eigenvalue weighted by atomic mass is 35.5. The summed E-state index contributed by atoms with van der Waals surface area (Å²) in [4.78, 5) is 20.0. The van der Waals surface area contributed by atoms with E-state index >= 15 is 0 Å². The van der Waals surface area contributed by atoms with Crippen molar-refractivity contribution >= 4 is 33.0 Å². The molecular formula is C20H15ClF3N3O3S. The lowest BCUT2D eigenvalue weighted by molar-refractivity contribution is -0.136. The van der Waals surface area contributed by atoms with Gasteiger partial charge in [0.05, 0.1) is 28.2 Å². The average molecular weight is 470 g/mol. The van der Waals surface area contributed by atoms with E-state index in [9.17, 15) is 26.4 Å². The first-order valence-corrected chi connectivity index (χ1v) is 10.8. The molecule has 0 saturated carbocycles. The Balaban J connectivity index is 1.93. The van der Waals surface area contributed by atoms with Crippen molar-refractivity contribution < 1.29 is 26.4 Å². The van der Waals surface area contributed by atoms with Crippen molar-refractivity contribution in [2.45, 2.75) is 24.0 Å². The topological polar surface area (TPSA) is 89.0 Å². The molecule has 0 atom stereocenters. The third-order valence-electron chi connectivity index (χ3n) is 4.30. The van der Waals surface area contributed by atoms with Crippen molar-refractivity contribution in [3.63, 3.8) is 0 Å². The molecule has 0 unspecified atom stereocenters. The molecular weight excluding hydrogens is 455 g/mol. The zero-order valence-electron chi connectivity index (χ0n) is 15.9. The minimum absolute atomic E-state index is 0.308. The van der Waals surface area contributed by atoms with Gasteiger partial charge in [-0.15, -0.1) is 0 Å². The Labute approximate surface area is 181 Å². The molecule has 0 spiro atoms. The summed E-state index contributed by atoms with van der Waals surface area (Å²) >= 11 is 5.92. The Hall–Kier alpha value is -2.98. The third kappa shape index (κ3) is 5.20. The molecule has 0 bridgehead atoms. The molecule has 1 aromatic heterocycles. The van der Waals surface area contributed by atoms with Crippen LogP contribution in [0.15, 0.2) is 59.9 Å². The van der Waals surface area contributed by atoms with Gasteiger partial charge in [0, 0.05) is 0 Å². The van der Waals surface area contributed by atoms with Gasteiger partial charge in [-0.3, -0.25) is 4.79 Å². The first-order valence-electron chi connectivity index (χ1n) is 8.76. The van der Waals surface area contributed by atoms with Crippen LogP contribution in [0.2, 0.25) is 5.02 Å². The van der Waals surface area contributed by atoms with Gasteiger partial charge in [0.25, 0.3) is 5.91 Å². The van der Waals surface area contributed by atoms with Gasteiger partial charge in [-0.2, -0.15) is 13.2 Å². The number of carbonyl (C=O) groups is 1. The number of nitrogens with zero attached hydrogens (tertiary/aromatic N) is 2. The number of hydrogen-bond acceptors (Lipinski definition) is 5. The predicted octanol–water partition coefficient (Wildman–Crippen LogP) is 4.68. The molecule has 1 N–H and O–H groups in total. The summed E-state index contributed by atoms with van der Waals surface area (Å²) in [6.45, 7) is 1.74. The van der Waals surface area contributed by atoms with Crippen LogP contribution in [0, 0.1) is 6.92 Å². The molecule has 0 aliphatic rings. The first-order chi connectivity index (χ1) is 14.5. The highest BCUT2D eigenvalue weighted by Gasteiger charge is 2.34. The van der Waals surface area contributed by atoms with Crippen LogP contribution >= 0.6 is 11.6 Å². The fraction of sp³-hybridized carbons (Fsp3) is 0.150. The Bertz CT molecular complexity index is 1250. The highest BCUT2D eigenvalue weighted by molar-refractivity contribution is 7.90. The van der Waals surface area contributed by atoms with Crippen molar-refractivity contribution in [2.75, 3.05) is 5.32 Å². The second kappa shape index (κ2) is 8.64. The van der Waals surface area contributed by atoms with Gasteiger partial charge in [0.2, 0.25) is 15.0 Å². The van der Waals surface area contributed by atoms with E-state index in [4.69, 9.17) is 11.6 Å². The number of sulfone groups is 1. The van der Waals surface area contributed by atoms with Gasteiger partial charge in [0.15, 0.2) is 5.69 Å². The van der Waals surface area contributed by atoms with Crippen LogP contribution in [-0.4, -0.2) is 24.3 Å². The van der Waals surface area contributed by atoms with Crippen LogP contribution in [-0.2, 0) is 21.8 Å². The summed E-state index contributed by atoms with van der Waals surface area (Å²) in [6.07, 6.45) is -3.79. The van der Waals surface area contributed by atoms with E-state index in [1.165, 1.54) is 12.1 Å². The van der Waals surface area contributed by atoms with Gasteiger partial charge in [-0.1, -0.05) is 48.0 Å². The molecule has 3 rings (SSSR count). The SMILES string of the molecule is Cc1ccccc1CS(=O)(=O)c1ncc(Cl)c(C(=O)Nc2ccccc2C(F)(F)F)n1. The quantitative estimate of drug-likeness (QED) is 0.548. The number of nitrogens with one attached hydrogen (secondary N) is 1. The van der Waals surface area contributed by atoms with Crippen LogP contribution in [0.1, 0.15) is 27.2 Å². The van der Waals surface area contributed by atoms with E-state index in [0.717, 1.165) is 23.9 Å². The van der Waals surface area contributed by atoms with Gasteiger partial charge in [0.1, 0.15) is 0 Å². The van der Waals surface area contributed by atoms with Crippen molar-refractivity contribution in [1.82, 2.24) is 9.97 Å². The summed E-state index contributed by atoms with van der Waals surface area (Å²) in [5.74, 6) is -1.52. The number of para-hydroxylation sites is 1. The maximum absolute atomic E-state index is 13.2. The molecule has 6 nitrogen and oxygen atoms in total. The van der Waals surface area contributed by atoms with Crippen LogP contribution in [0.4, 0.5) is 18.9 Å². The molecule has 1 heterocycles. The Morgan fingerprint density at radius 2 is 1.74 bits per heavy atom.